The number of furan rings is 1. The zero-order chi connectivity index (χ0) is 30.2. The van der Waals surface area contributed by atoms with Crippen LogP contribution in [0, 0.1) is 6.92 Å². The molecule has 1 aliphatic heterocycles. The van der Waals surface area contributed by atoms with Crippen LogP contribution in [-0.4, -0.2) is 65.5 Å². The van der Waals surface area contributed by atoms with Crippen LogP contribution in [0.15, 0.2) is 65.3 Å². The molecule has 1 aliphatic rings. The first-order valence-corrected chi connectivity index (χ1v) is 17.0. The number of fused-ring (bicyclic) bond motifs is 1. The van der Waals surface area contributed by atoms with Crippen molar-refractivity contribution in [3.05, 3.63) is 83.2 Å². The van der Waals surface area contributed by atoms with Crippen molar-refractivity contribution in [3.8, 4) is 11.3 Å². The summed E-state index contributed by atoms with van der Waals surface area (Å²) in [5, 5.41) is 3.22. The second-order valence-electron chi connectivity index (χ2n) is 10.7. The van der Waals surface area contributed by atoms with Gasteiger partial charge in [0.05, 0.1) is 23.3 Å². The Bertz CT molecular complexity index is 1840. The van der Waals surface area contributed by atoms with E-state index >= 15 is 0 Å². The largest absolute Gasteiger partial charge is 0.455 e. The summed E-state index contributed by atoms with van der Waals surface area (Å²) in [5.41, 5.74) is 4.07. The number of rotatable bonds is 8. The van der Waals surface area contributed by atoms with E-state index in [9.17, 15) is 21.6 Å². The lowest BCUT2D eigenvalue weighted by atomic mass is 9.89. The molecule has 10 nitrogen and oxygen atoms in total. The maximum atomic E-state index is 13.4. The van der Waals surface area contributed by atoms with Gasteiger partial charge in [0.25, 0.3) is 5.91 Å². The number of carbonyl (C=O) groups is 1. The summed E-state index contributed by atoms with van der Waals surface area (Å²) in [4.78, 5) is 17.2. The molecule has 3 heterocycles. The van der Waals surface area contributed by atoms with E-state index < -0.39 is 20.0 Å². The minimum atomic E-state index is -3.68. The van der Waals surface area contributed by atoms with Crippen LogP contribution in [-0.2, 0) is 25.8 Å². The Morgan fingerprint density at radius 2 is 1.88 bits per heavy atom. The predicted molar refractivity (Wildman–Crippen MR) is 163 cm³/mol. The maximum absolute atomic E-state index is 13.4. The van der Waals surface area contributed by atoms with E-state index in [1.807, 2.05) is 31.2 Å². The summed E-state index contributed by atoms with van der Waals surface area (Å²) in [5.74, 6) is -0.464. The third-order valence-corrected chi connectivity index (χ3v) is 10.7. The van der Waals surface area contributed by atoms with Gasteiger partial charge in [0.15, 0.2) is 0 Å². The predicted octanol–water partition coefficient (Wildman–Crippen LogP) is 4.27. The Labute approximate surface area is 246 Å². The number of sulfonamides is 2. The zero-order valence-corrected chi connectivity index (χ0v) is 25.6. The van der Waals surface area contributed by atoms with Gasteiger partial charge >= 0.3 is 0 Å². The molecule has 0 spiro atoms. The number of carbonyl (C=O) groups excluding carboxylic acids is 1. The van der Waals surface area contributed by atoms with E-state index in [1.54, 1.807) is 37.5 Å². The normalized spacial score (nSPS) is 16.4. The van der Waals surface area contributed by atoms with E-state index in [0.717, 1.165) is 11.8 Å². The van der Waals surface area contributed by atoms with Crippen LogP contribution in [0.4, 0.5) is 5.69 Å². The number of aryl methyl sites for hydroxylation is 1. The number of piperidine rings is 1. The third-order valence-electron chi connectivity index (χ3n) is 7.73. The highest BCUT2D eigenvalue weighted by atomic mass is 32.2. The standard InChI is InChI=1S/C30H34N4O6S2/c1-20-9-11-22(12-10-20)29-28(30(35)31-2)25-15-24(26(16-27(25)40-29)33(3)41(4,36)37)23-8-6-14-34(18-23)42(38,39)19-21-7-5-13-32-17-21/h5,7,9-13,15-17,23H,6,8,14,18-19H2,1-4H3,(H,31,35)/t23-/m0/s1. The Hall–Kier alpha value is -3.74. The van der Waals surface area contributed by atoms with Crippen LogP contribution in [0.3, 0.4) is 0 Å². The summed E-state index contributed by atoms with van der Waals surface area (Å²) in [6, 6.07) is 14.4. The van der Waals surface area contributed by atoms with Crippen molar-refractivity contribution < 1.29 is 26.0 Å². The molecule has 4 aromatic rings. The van der Waals surface area contributed by atoms with E-state index in [4.69, 9.17) is 4.42 Å². The highest BCUT2D eigenvalue weighted by Gasteiger charge is 2.33. The van der Waals surface area contributed by atoms with Crippen LogP contribution in [0.2, 0.25) is 0 Å². The van der Waals surface area contributed by atoms with Gasteiger partial charge in [-0.1, -0.05) is 35.9 Å². The average Bonchev–Trinajstić information content (AvgIpc) is 3.34. The molecule has 42 heavy (non-hydrogen) atoms. The minimum absolute atomic E-state index is 0.175. The molecular formula is C30H34N4O6S2. The van der Waals surface area contributed by atoms with Crippen LogP contribution in [0.5, 0.6) is 0 Å². The number of benzene rings is 2. The third kappa shape index (κ3) is 5.92. The van der Waals surface area contributed by atoms with Crippen molar-refractivity contribution in [2.24, 2.45) is 0 Å². The number of amides is 1. The van der Waals surface area contributed by atoms with Gasteiger partial charge in [-0.25, -0.2) is 21.1 Å². The first kappa shape index (κ1) is 29.7. The fraction of sp³-hybridized carbons (Fsp3) is 0.333. The summed E-state index contributed by atoms with van der Waals surface area (Å²) in [6.45, 7) is 2.51. The van der Waals surface area contributed by atoms with E-state index in [0.29, 0.717) is 64.1 Å². The van der Waals surface area contributed by atoms with Crippen molar-refractivity contribution >= 4 is 42.6 Å². The molecule has 1 atom stereocenters. The van der Waals surface area contributed by atoms with E-state index in [-0.39, 0.29) is 24.1 Å². The second-order valence-corrected chi connectivity index (χ2v) is 14.7. The molecule has 12 heteroatoms. The van der Waals surface area contributed by atoms with Gasteiger partial charge in [0, 0.05) is 56.6 Å². The number of hydrogen-bond acceptors (Lipinski definition) is 7. The first-order chi connectivity index (χ1) is 19.9. The quantitative estimate of drug-likeness (QED) is 0.315. The summed E-state index contributed by atoms with van der Waals surface area (Å²) >= 11 is 0. The molecule has 1 N–H and O–H groups in total. The van der Waals surface area contributed by atoms with Gasteiger partial charge in [-0.3, -0.25) is 14.1 Å². The minimum Gasteiger partial charge on any atom is -0.455 e. The number of pyridine rings is 1. The Kier molecular flexibility index (Phi) is 8.15. The lowest BCUT2D eigenvalue weighted by Gasteiger charge is -2.34. The SMILES string of the molecule is CNC(=O)c1c(-c2ccc(C)cc2)oc2cc(N(C)S(C)(=O)=O)c([C@H]3CCCN(S(=O)(=O)Cc4cccnc4)C3)cc12. The lowest BCUT2D eigenvalue weighted by molar-refractivity contribution is 0.0964. The highest BCUT2D eigenvalue weighted by molar-refractivity contribution is 7.92. The molecule has 2 aromatic heterocycles. The maximum Gasteiger partial charge on any atom is 0.255 e. The van der Waals surface area contributed by atoms with Crippen molar-refractivity contribution in [2.45, 2.75) is 31.4 Å². The fourth-order valence-corrected chi connectivity index (χ4v) is 7.52. The van der Waals surface area contributed by atoms with Crippen LogP contribution < -0.4 is 9.62 Å². The smallest absolute Gasteiger partial charge is 0.255 e. The number of anilines is 1. The molecule has 222 valence electrons. The van der Waals surface area contributed by atoms with Gasteiger partial charge in [-0.05, 0) is 48.9 Å². The Balaban J connectivity index is 1.64. The summed E-state index contributed by atoms with van der Waals surface area (Å²) in [7, 11) is -4.34. The highest BCUT2D eigenvalue weighted by Crippen LogP contribution is 2.42. The zero-order valence-electron chi connectivity index (χ0n) is 24.0. The lowest BCUT2D eigenvalue weighted by Crippen LogP contribution is -2.40. The molecule has 0 bridgehead atoms. The van der Waals surface area contributed by atoms with Crippen LogP contribution in [0.1, 0.15) is 45.8 Å². The number of aromatic nitrogens is 1. The van der Waals surface area contributed by atoms with Gasteiger partial charge in [0.2, 0.25) is 20.0 Å². The Morgan fingerprint density at radius 3 is 2.52 bits per heavy atom. The summed E-state index contributed by atoms with van der Waals surface area (Å²) in [6.07, 6.45) is 5.49. The van der Waals surface area contributed by atoms with E-state index in [1.165, 1.54) is 21.9 Å². The Morgan fingerprint density at radius 1 is 1.14 bits per heavy atom. The molecule has 1 saturated heterocycles. The molecule has 2 aromatic carbocycles. The van der Waals surface area contributed by atoms with Crippen molar-refractivity contribution in [2.75, 3.05) is 37.7 Å². The van der Waals surface area contributed by atoms with Crippen LogP contribution >= 0.6 is 0 Å². The fourth-order valence-electron chi connectivity index (χ4n) is 5.42. The molecule has 1 amide bonds. The molecule has 0 radical (unpaired) electrons. The number of nitrogens with one attached hydrogen (secondary N) is 1. The molecular weight excluding hydrogens is 576 g/mol. The molecule has 0 aliphatic carbocycles. The van der Waals surface area contributed by atoms with Gasteiger partial charge in [-0.15, -0.1) is 0 Å². The second kappa shape index (κ2) is 11.5. The van der Waals surface area contributed by atoms with Gasteiger partial charge in [0.1, 0.15) is 11.3 Å². The van der Waals surface area contributed by atoms with Gasteiger partial charge in [-0.2, -0.15) is 0 Å². The van der Waals surface area contributed by atoms with E-state index in [2.05, 4.69) is 10.3 Å². The first-order valence-electron chi connectivity index (χ1n) is 13.6. The monoisotopic (exact) mass is 610 g/mol. The van der Waals surface area contributed by atoms with Gasteiger partial charge < -0.3 is 9.73 Å². The average molecular weight is 611 g/mol. The number of hydrogen-bond donors (Lipinski definition) is 1. The number of nitrogens with zero attached hydrogens (tertiary/aromatic N) is 3. The molecule has 5 rings (SSSR count). The topological polar surface area (TPSA) is 130 Å². The van der Waals surface area contributed by atoms with Crippen molar-refractivity contribution in [1.82, 2.24) is 14.6 Å². The molecule has 1 fully saturated rings. The van der Waals surface area contributed by atoms with Crippen LogP contribution in [0.25, 0.3) is 22.3 Å². The molecule has 0 unspecified atom stereocenters. The summed E-state index contributed by atoms with van der Waals surface area (Å²) < 4.78 is 61.2. The molecule has 0 saturated carbocycles. The van der Waals surface area contributed by atoms with Crippen molar-refractivity contribution in [1.29, 1.82) is 0 Å². The van der Waals surface area contributed by atoms with Crippen molar-refractivity contribution in [3.63, 3.8) is 0 Å².